The average molecular weight is 1380 g/mol. The van der Waals surface area contributed by atoms with Crippen LogP contribution in [0.3, 0.4) is 0 Å². The monoisotopic (exact) mass is 1370 g/mol. The van der Waals surface area contributed by atoms with Gasteiger partial charge in [-0.15, -0.1) is 0 Å². The fraction of sp³-hybridized carbons (Fsp3) is 0.405. The molecule has 0 bridgehead atoms. The van der Waals surface area contributed by atoms with Crippen molar-refractivity contribution < 1.29 is 57.2 Å². The SMILES string of the molecule is CC(C)c1ccc(Oc2cc3c4c(cc(Oc5ccc(C(C)C)cc5)c5c6c(Oc7ccc(C(C)C)cc7)cc7c8c(cc(Oc9ccc(C(C)C)cc9)c(c2c45)c86)C(=O)N(C(C(=O)NCCNC2CCO2)C2CCCC2)C7=O)C(=O)N(C(C(=O)NCCNCC2CO2)C2CCCC2)C3=O)cc1. The van der Waals surface area contributed by atoms with Gasteiger partial charge in [-0.2, -0.15) is 0 Å². The van der Waals surface area contributed by atoms with Gasteiger partial charge in [0.25, 0.3) is 23.6 Å². The van der Waals surface area contributed by atoms with E-state index < -0.39 is 47.5 Å². The zero-order valence-electron chi connectivity index (χ0n) is 59.4. The number of hydrogen-bond acceptors (Lipinski definition) is 14. The van der Waals surface area contributed by atoms with Gasteiger partial charge in [0.05, 0.1) is 41.6 Å². The molecule has 0 aromatic heterocycles. The van der Waals surface area contributed by atoms with Crippen molar-refractivity contribution in [1.82, 2.24) is 31.1 Å². The van der Waals surface area contributed by atoms with Crippen LogP contribution in [0.15, 0.2) is 121 Å². The van der Waals surface area contributed by atoms with E-state index in [1.807, 2.05) is 97.1 Å². The third-order valence-electron chi connectivity index (χ3n) is 21.7. The molecule has 9 aromatic rings. The van der Waals surface area contributed by atoms with Gasteiger partial charge in [0.15, 0.2) is 0 Å². The van der Waals surface area contributed by atoms with Crippen molar-refractivity contribution in [2.45, 2.75) is 161 Å². The summed E-state index contributed by atoms with van der Waals surface area (Å²) < 4.78 is 40.5. The molecule has 6 aliphatic rings. The molecular formula is C84H90N6O12. The van der Waals surface area contributed by atoms with Crippen LogP contribution in [0, 0.1) is 11.8 Å². The molecule has 0 radical (unpaired) electrons. The second kappa shape index (κ2) is 28.4. The van der Waals surface area contributed by atoms with Gasteiger partial charge in [-0.05, 0) is 156 Å². The predicted octanol–water partition coefficient (Wildman–Crippen LogP) is 16.3. The minimum absolute atomic E-state index is 0.100. The van der Waals surface area contributed by atoms with Crippen molar-refractivity contribution in [2.24, 2.45) is 11.8 Å². The number of rotatable bonds is 27. The molecule has 4 aliphatic heterocycles. The number of imide groups is 2. The third-order valence-corrected chi connectivity index (χ3v) is 21.7. The van der Waals surface area contributed by atoms with Crippen LogP contribution < -0.4 is 40.2 Å². The molecule has 18 nitrogen and oxygen atoms in total. The van der Waals surface area contributed by atoms with Crippen LogP contribution in [0.25, 0.3) is 43.1 Å². The highest BCUT2D eigenvalue weighted by atomic mass is 16.6. The summed E-state index contributed by atoms with van der Waals surface area (Å²) in [7, 11) is 0. The van der Waals surface area contributed by atoms with E-state index in [2.05, 4.69) is 76.7 Å². The fourth-order valence-corrected chi connectivity index (χ4v) is 15.9. The van der Waals surface area contributed by atoms with Crippen LogP contribution in [0.1, 0.15) is 201 Å². The zero-order chi connectivity index (χ0) is 70.8. The number of benzene rings is 9. The normalized spacial score (nSPS) is 18.3. The van der Waals surface area contributed by atoms with Crippen molar-refractivity contribution in [3.05, 3.63) is 166 Å². The molecule has 15 rings (SSSR count). The van der Waals surface area contributed by atoms with Gasteiger partial charge in [0, 0.05) is 82.2 Å². The lowest BCUT2D eigenvalue weighted by atomic mass is 9.79. The highest BCUT2D eigenvalue weighted by Crippen LogP contribution is 2.59. The van der Waals surface area contributed by atoms with Crippen LogP contribution in [-0.4, -0.2) is 116 Å². The lowest BCUT2D eigenvalue weighted by Gasteiger charge is -2.38. The molecule has 4 unspecified atom stereocenters. The summed E-state index contributed by atoms with van der Waals surface area (Å²) in [4.78, 5) is 98.6. The van der Waals surface area contributed by atoms with E-state index in [4.69, 9.17) is 28.4 Å². The average Bonchev–Trinajstić information content (AvgIpc) is 1.40. The summed E-state index contributed by atoms with van der Waals surface area (Å²) in [6.45, 7) is 20.2. The Hall–Kier alpha value is -9.46. The first-order valence-electron chi connectivity index (χ1n) is 36.8. The molecule has 0 spiro atoms. The molecule has 9 aromatic carbocycles. The summed E-state index contributed by atoms with van der Waals surface area (Å²) in [5, 5.41) is 15.6. The summed E-state index contributed by atoms with van der Waals surface area (Å²) in [5.41, 5.74) is 4.65. The Bertz CT molecular complexity index is 4490. The van der Waals surface area contributed by atoms with E-state index in [1.165, 1.54) is 9.80 Å². The largest absolute Gasteiger partial charge is 0.457 e. The summed E-state index contributed by atoms with van der Waals surface area (Å²) in [6.07, 6.45) is 6.64. The lowest BCUT2D eigenvalue weighted by molar-refractivity contribution is -0.127. The minimum atomic E-state index is -1.19. The first-order valence-corrected chi connectivity index (χ1v) is 36.8. The first-order chi connectivity index (χ1) is 49.4. The molecule has 2 saturated heterocycles. The molecule has 102 heavy (non-hydrogen) atoms. The molecule has 18 heteroatoms. The molecule has 528 valence electrons. The molecule has 4 N–H and O–H groups in total. The maximum absolute atomic E-state index is 16.5. The van der Waals surface area contributed by atoms with Crippen molar-refractivity contribution in [2.75, 3.05) is 45.9 Å². The van der Waals surface area contributed by atoms with E-state index in [9.17, 15) is 0 Å². The van der Waals surface area contributed by atoms with E-state index in [-0.39, 0.29) is 117 Å². The van der Waals surface area contributed by atoms with E-state index in [1.54, 1.807) is 24.3 Å². The van der Waals surface area contributed by atoms with Crippen LogP contribution in [0.4, 0.5) is 0 Å². The van der Waals surface area contributed by atoms with Gasteiger partial charge in [-0.25, -0.2) is 0 Å². The van der Waals surface area contributed by atoms with Gasteiger partial charge < -0.3 is 44.4 Å². The zero-order valence-corrected chi connectivity index (χ0v) is 59.4. The number of ether oxygens (including phenoxy) is 6. The maximum Gasteiger partial charge on any atom is 0.262 e. The Labute approximate surface area is 594 Å². The minimum Gasteiger partial charge on any atom is -0.457 e. The number of nitrogens with one attached hydrogen (secondary N) is 4. The topological polar surface area (TPSA) is 216 Å². The van der Waals surface area contributed by atoms with Gasteiger partial charge >= 0.3 is 0 Å². The Morgan fingerprint density at radius 2 is 0.716 bits per heavy atom. The van der Waals surface area contributed by atoms with Crippen LogP contribution in [-0.2, 0) is 19.1 Å². The molecule has 2 saturated carbocycles. The third kappa shape index (κ3) is 13.0. The van der Waals surface area contributed by atoms with Gasteiger partial charge in [0.1, 0.15) is 64.3 Å². The van der Waals surface area contributed by atoms with Gasteiger partial charge in [0.2, 0.25) is 11.8 Å². The van der Waals surface area contributed by atoms with Gasteiger partial charge in [-0.3, -0.25) is 43.9 Å². The second-order valence-electron chi connectivity index (χ2n) is 29.8. The molecule has 4 heterocycles. The highest BCUT2D eigenvalue weighted by molar-refractivity contribution is 6.45. The predicted molar refractivity (Wildman–Crippen MR) is 394 cm³/mol. The Kier molecular flexibility index (Phi) is 19.0. The van der Waals surface area contributed by atoms with Gasteiger partial charge in [-0.1, -0.05) is 130 Å². The Morgan fingerprint density at radius 3 is 0.990 bits per heavy atom. The quantitative estimate of drug-likeness (QED) is 0.0124. The maximum atomic E-state index is 16.5. The van der Waals surface area contributed by atoms with Crippen LogP contribution in [0.5, 0.6) is 46.0 Å². The molecular weight excluding hydrogens is 1280 g/mol. The number of hydrogen-bond donors (Lipinski definition) is 4. The molecule has 4 fully saturated rings. The number of epoxide rings is 1. The molecule has 6 amide bonds. The summed E-state index contributed by atoms with van der Waals surface area (Å²) >= 11 is 0. The molecule has 4 atom stereocenters. The summed E-state index contributed by atoms with van der Waals surface area (Å²) in [5.74, 6) is -1.25. The smallest absolute Gasteiger partial charge is 0.262 e. The highest BCUT2D eigenvalue weighted by Gasteiger charge is 2.49. The van der Waals surface area contributed by atoms with Crippen LogP contribution >= 0.6 is 0 Å². The van der Waals surface area contributed by atoms with E-state index >= 15 is 28.8 Å². The van der Waals surface area contributed by atoms with Crippen molar-refractivity contribution in [3.8, 4) is 46.0 Å². The first kappa shape index (κ1) is 68.3. The number of carbonyl (C=O) groups is 6. The van der Waals surface area contributed by atoms with Crippen molar-refractivity contribution >= 4 is 78.5 Å². The fourth-order valence-electron chi connectivity index (χ4n) is 15.9. The number of carbonyl (C=O) groups excluding carboxylic acids is 6. The number of fused-ring (bicyclic) bond motifs is 2. The van der Waals surface area contributed by atoms with Crippen LogP contribution in [0.2, 0.25) is 0 Å². The van der Waals surface area contributed by atoms with Crippen molar-refractivity contribution in [3.63, 3.8) is 0 Å². The Balaban J connectivity index is 1.04. The van der Waals surface area contributed by atoms with E-state index in [0.717, 1.165) is 54.4 Å². The second-order valence-corrected chi connectivity index (χ2v) is 29.8. The molecule has 2 aliphatic carbocycles. The number of nitrogens with zero attached hydrogens (tertiary/aromatic N) is 2. The standard InChI is InChI=1S/C84H90N6O12/c1-45(2)49-17-25-55(26-18-49)99-64-39-60-69-61(82(94)89(81(60)93)77(53-13-9-10-14-53)79(91)87-35-34-85-43-59-44-98-59)40-65(100-56-27-19-50(20-28-56)46(3)4)72-74-67(102-58-31-23-52(24-32-58)48(7)8)42-63-70-62(41-66(73(76(70)74)71(64)75(69)72)101-57-29-21-51(22-30-57)47(5)6)83(95)90(84(63)96)78(54-15-11-12-16-54)80(92)88-37-36-86-68-33-38-97-68/h17-32,39-42,45-48,53-54,59,68,77-78,85-86H,9-16,33-38,43-44H2,1-8H3,(H,87,91)(H,88,92). The summed E-state index contributed by atoms with van der Waals surface area (Å²) in [6, 6.07) is 35.4. The Morgan fingerprint density at radius 1 is 0.412 bits per heavy atom. The van der Waals surface area contributed by atoms with E-state index in [0.29, 0.717) is 114 Å². The number of amides is 6. The lowest BCUT2D eigenvalue weighted by Crippen LogP contribution is -2.57. The van der Waals surface area contributed by atoms with Crippen molar-refractivity contribution in [1.29, 1.82) is 0 Å².